The molecule has 0 unspecified atom stereocenters. The zero-order valence-corrected chi connectivity index (χ0v) is 11.1. The fourth-order valence-electron chi connectivity index (χ4n) is 3.09. The molecule has 2 aliphatic rings. The van der Waals surface area contributed by atoms with Crippen LogP contribution in [0.15, 0.2) is 42.5 Å². The predicted molar refractivity (Wildman–Crippen MR) is 76.0 cm³/mol. The van der Waals surface area contributed by atoms with E-state index in [0.29, 0.717) is 0 Å². The molecule has 0 aromatic heterocycles. The molecule has 1 heterocycles. The van der Waals surface area contributed by atoms with E-state index in [1.807, 2.05) is 30.3 Å². The Kier molecular flexibility index (Phi) is 2.43. The van der Waals surface area contributed by atoms with Gasteiger partial charge in [0.15, 0.2) is 11.5 Å². The lowest BCUT2D eigenvalue weighted by Gasteiger charge is -2.21. The number of phenolic OH excluding ortho intramolecular Hbond substituents is 1. The van der Waals surface area contributed by atoms with Gasteiger partial charge in [0.2, 0.25) is 0 Å². The van der Waals surface area contributed by atoms with Gasteiger partial charge in [-0.15, -0.1) is 0 Å². The van der Waals surface area contributed by atoms with Crippen LogP contribution in [0.1, 0.15) is 25.7 Å². The van der Waals surface area contributed by atoms with Gasteiger partial charge in [-0.2, -0.15) is 0 Å². The lowest BCUT2D eigenvalue weighted by Crippen LogP contribution is -2.34. The van der Waals surface area contributed by atoms with Crippen LogP contribution in [-0.2, 0) is 0 Å². The third-order valence-corrected chi connectivity index (χ3v) is 4.11. The van der Waals surface area contributed by atoms with Crippen LogP contribution in [-0.4, -0.2) is 10.9 Å². The Balaban J connectivity index is 1.77. The third-order valence-electron chi connectivity index (χ3n) is 4.11. The number of para-hydroxylation sites is 1. The minimum Gasteiger partial charge on any atom is -0.508 e. The van der Waals surface area contributed by atoms with Crippen molar-refractivity contribution >= 4 is 0 Å². The molecule has 0 saturated heterocycles. The molecule has 1 fully saturated rings. The molecule has 1 aliphatic heterocycles. The summed E-state index contributed by atoms with van der Waals surface area (Å²) in [7, 11) is 0. The summed E-state index contributed by atoms with van der Waals surface area (Å²) in [5, 5.41) is 9.41. The van der Waals surface area contributed by atoms with Crippen molar-refractivity contribution in [2.45, 2.75) is 31.5 Å². The van der Waals surface area contributed by atoms with Gasteiger partial charge in [-0.3, -0.25) is 0 Å². The number of phenols is 1. The summed E-state index contributed by atoms with van der Waals surface area (Å²) in [5.74, 6) is 1.50. The minimum absolute atomic E-state index is 0.269. The van der Waals surface area contributed by atoms with Gasteiger partial charge in [-0.25, -0.2) is 0 Å². The van der Waals surface area contributed by atoms with E-state index in [-0.39, 0.29) is 5.75 Å². The predicted octanol–water partition coefficient (Wildman–Crippen LogP) is 4.10. The van der Waals surface area contributed by atoms with Crippen LogP contribution in [0.3, 0.4) is 0 Å². The highest BCUT2D eigenvalue weighted by molar-refractivity contribution is 5.75. The SMILES string of the molecule is Oc1ccc(-c2cccc3c2OC2(CCCC2)O3)cc1. The van der Waals surface area contributed by atoms with Crippen molar-refractivity contribution in [1.82, 2.24) is 0 Å². The maximum atomic E-state index is 9.41. The molecule has 20 heavy (non-hydrogen) atoms. The zero-order chi connectivity index (χ0) is 13.6. The maximum absolute atomic E-state index is 9.41. The van der Waals surface area contributed by atoms with E-state index in [9.17, 15) is 5.11 Å². The number of hydrogen-bond donors (Lipinski definition) is 1. The van der Waals surface area contributed by atoms with Crippen molar-refractivity contribution in [2.75, 3.05) is 0 Å². The third kappa shape index (κ3) is 1.73. The van der Waals surface area contributed by atoms with E-state index in [0.717, 1.165) is 48.3 Å². The highest BCUT2D eigenvalue weighted by Gasteiger charge is 2.44. The average Bonchev–Trinajstić information content (AvgIpc) is 3.06. The van der Waals surface area contributed by atoms with E-state index in [4.69, 9.17) is 9.47 Å². The fraction of sp³-hybridized carbons (Fsp3) is 0.294. The van der Waals surface area contributed by atoms with Crippen LogP contribution in [0.5, 0.6) is 17.2 Å². The van der Waals surface area contributed by atoms with E-state index >= 15 is 0 Å². The van der Waals surface area contributed by atoms with Crippen LogP contribution in [0, 0.1) is 0 Å². The number of rotatable bonds is 1. The van der Waals surface area contributed by atoms with E-state index in [1.54, 1.807) is 12.1 Å². The maximum Gasteiger partial charge on any atom is 0.251 e. The molecule has 1 N–H and O–H groups in total. The molecule has 3 heteroatoms. The molecule has 0 bridgehead atoms. The molecule has 102 valence electrons. The topological polar surface area (TPSA) is 38.7 Å². The van der Waals surface area contributed by atoms with Gasteiger partial charge in [0, 0.05) is 18.4 Å². The molecule has 3 nitrogen and oxygen atoms in total. The molecular weight excluding hydrogens is 252 g/mol. The monoisotopic (exact) mass is 268 g/mol. The summed E-state index contributed by atoms with van der Waals surface area (Å²) in [6.45, 7) is 0. The molecule has 1 saturated carbocycles. The van der Waals surface area contributed by atoms with Gasteiger partial charge in [-0.1, -0.05) is 24.3 Å². The van der Waals surface area contributed by atoms with Crippen molar-refractivity contribution in [3.05, 3.63) is 42.5 Å². The van der Waals surface area contributed by atoms with Gasteiger partial charge in [0.25, 0.3) is 5.79 Å². The molecule has 2 aromatic carbocycles. The number of fused-ring (bicyclic) bond motifs is 1. The first kappa shape index (κ1) is 11.6. The van der Waals surface area contributed by atoms with E-state index < -0.39 is 5.79 Å². The molecule has 2 aromatic rings. The lowest BCUT2D eigenvalue weighted by molar-refractivity contribution is -0.0714. The summed E-state index contributed by atoms with van der Waals surface area (Å²) in [6, 6.07) is 13.2. The molecule has 0 radical (unpaired) electrons. The second kappa shape index (κ2) is 4.17. The van der Waals surface area contributed by atoms with Gasteiger partial charge < -0.3 is 14.6 Å². The smallest absolute Gasteiger partial charge is 0.251 e. The van der Waals surface area contributed by atoms with Crippen LogP contribution in [0.4, 0.5) is 0 Å². The van der Waals surface area contributed by atoms with Crippen molar-refractivity contribution in [3.8, 4) is 28.4 Å². The first-order valence-corrected chi connectivity index (χ1v) is 7.06. The highest BCUT2D eigenvalue weighted by atomic mass is 16.7. The van der Waals surface area contributed by atoms with Gasteiger partial charge in [-0.05, 0) is 36.6 Å². The Morgan fingerprint density at radius 2 is 1.65 bits per heavy atom. The Bertz CT molecular complexity index is 640. The summed E-state index contributed by atoms with van der Waals surface area (Å²) in [6.07, 6.45) is 4.22. The van der Waals surface area contributed by atoms with Gasteiger partial charge in [0.1, 0.15) is 5.75 Å². The largest absolute Gasteiger partial charge is 0.508 e. The first-order chi connectivity index (χ1) is 9.76. The van der Waals surface area contributed by atoms with Gasteiger partial charge in [0.05, 0.1) is 0 Å². The van der Waals surface area contributed by atoms with Gasteiger partial charge >= 0.3 is 0 Å². The number of aromatic hydroxyl groups is 1. The normalized spacial score (nSPS) is 18.6. The summed E-state index contributed by atoms with van der Waals surface area (Å²) in [5.41, 5.74) is 2.05. The van der Waals surface area contributed by atoms with Crippen molar-refractivity contribution < 1.29 is 14.6 Å². The first-order valence-electron chi connectivity index (χ1n) is 7.06. The summed E-state index contributed by atoms with van der Waals surface area (Å²) in [4.78, 5) is 0. The van der Waals surface area contributed by atoms with Crippen molar-refractivity contribution in [1.29, 1.82) is 0 Å². The molecule has 0 atom stereocenters. The quantitative estimate of drug-likeness (QED) is 0.846. The van der Waals surface area contributed by atoms with Crippen LogP contribution < -0.4 is 9.47 Å². The molecule has 1 aliphatic carbocycles. The van der Waals surface area contributed by atoms with Crippen LogP contribution >= 0.6 is 0 Å². The lowest BCUT2D eigenvalue weighted by atomic mass is 10.0. The second-order valence-electron chi connectivity index (χ2n) is 5.50. The van der Waals surface area contributed by atoms with Crippen molar-refractivity contribution in [2.24, 2.45) is 0 Å². The Morgan fingerprint density at radius 1 is 0.900 bits per heavy atom. The second-order valence-corrected chi connectivity index (χ2v) is 5.50. The number of ether oxygens (including phenoxy) is 2. The molecular formula is C17H16O3. The fourth-order valence-corrected chi connectivity index (χ4v) is 3.09. The minimum atomic E-state index is -0.435. The standard InChI is InChI=1S/C17H16O3/c18-13-8-6-12(7-9-13)14-4-3-5-15-16(14)20-17(19-15)10-1-2-11-17/h3-9,18H,1-2,10-11H2. The van der Waals surface area contributed by atoms with Crippen LogP contribution in [0.2, 0.25) is 0 Å². The Labute approximate surface area is 117 Å². The number of hydrogen-bond acceptors (Lipinski definition) is 3. The Hall–Kier alpha value is -2.16. The average molecular weight is 268 g/mol. The van der Waals surface area contributed by atoms with Crippen molar-refractivity contribution in [3.63, 3.8) is 0 Å². The summed E-state index contributed by atoms with van der Waals surface area (Å²) >= 11 is 0. The highest BCUT2D eigenvalue weighted by Crippen LogP contribution is 2.50. The molecule has 1 spiro atoms. The molecule has 0 amide bonds. The van der Waals surface area contributed by atoms with E-state index in [1.165, 1.54) is 0 Å². The number of benzene rings is 2. The van der Waals surface area contributed by atoms with Crippen LogP contribution in [0.25, 0.3) is 11.1 Å². The molecule has 4 rings (SSSR count). The Morgan fingerprint density at radius 3 is 2.40 bits per heavy atom. The van der Waals surface area contributed by atoms with E-state index in [2.05, 4.69) is 0 Å². The zero-order valence-electron chi connectivity index (χ0n) is 11.1. The summed E-state index contributed by atoms with van der Waals surface area (Å²) < 4.78 is 12.3.